The molecule has 6 rings (SSSR count). The van der Waals surface area contributed by atoms with Crippen molar-refractivity contribution in [3.05, 3.63) is 101 Å². The van der Waals surface area contributed by atoms with Gasteiger partial charge in [0.2, 0.25) is 0 Å². The highest BCUT2D eigenvalue weighted by Crippen LogP contribution is 2.30. The molecular formula is C33H36N6O4. The summed E-state index contributed by atoms with van der Waals surface area (Å²) in [5.74, 6) is 0.778. The van der Waals surface area contributed by atoms with Crippen LogP contribution >= 0.6 is 0 Å². The fourth-order valence-electron chi connectivity index (χ4n) is 5.46. The third-order valence-electron chi connectivity index (χ3n) is 8.20. The van der Waals surface area contributed by atoms with E-state index in [2.05, 4.69) is 45.2 Å². The topological polar surface area (TPSA) is 97.8 Å². The predicted molar refractivity (Wildman–Crippen MR) is 164 cm³/mol. The Labute approximate surface area is 251 Å². The normalized spacial score (nSPS) is 19.3. The minimum atomic E-state index is -0.549. The van der Waals surface area contributed by atoms with Crippen molar-refractivity contribution in [2.24, 2.45) is 0 Å². The number of anilines is 2. The van der Waals surface area contributed by atoms with Gasteiger partial charge in [-0.1, -0.05) is 25.1 Å². The average molecular weight is 581 g/mol. The van der Waals surface area contributed by atoms with Crippen LogP contribution in [0.2, 0.25) is 0 Å². The zero-order valence-electron chi connectivity index (χ0n) is 24.5. The number of hydrogen-bond acceptors (Lipinski definition) is 8. The van der Waals surface area contributed by atoms with E-state index in [0.29, 0.717) is 18.8 Å². The fourth-order valence-corrected chi connectivity index (χ4v) is 5.46. The highest BCUT2D eigenvalue weighted by atomic mass is 16.7. The van der Waals surface area contributed by atoms with Crippen LogP contribution < -0.4 is 20.2 Å². The van der Waals surface area contributed by atoms with Gasteiger partial charge in [-0.15, -0.1) is 0 Å². The molecule has 2 fully saturated rings. The summed E-state index contributed by atoms with van der Waals surface area (Å²) in [7, 11) is 0. The quantitative estimate of drug-likeness (QED) is 0.281. The molecule has 1 unspecified atom stereocenters. The lowest BCUT2D eigenvalue weighted by molar-refractivity contribution is -0.0660. The lowest BCUT2D eigenvalue weighted by Crippen LogP contribution is -2.46. The van der Waals surface area contributed by atoms with Gasteiger partial charge in [0.1, 0.15) is 24.8 Å². The number of aromatic nitrogens is 3. The summed E-state index contributed by atoms with van der Waals surface area (Å²) in [5.41, 5.74) is 4.32. The van der Waals surface area contributed by atoms with Crippen molar-refractivity contribution in [1.82, 2.24) is 14.3 Å². The number of rotatable bonds is 9. The predicted octanol–water partition coefficient (Wildman–Crippen LogP) is 4.70. The van der Waals surface area contributed by atoms with Crippen LogP contribution in [-0.4, -0.2) is 59.8 Å². The minimum Gasteiger partial charge on any atom is -0.491 e. The first kappa shape index (κ1) is 28.5. The fraction of sp³-hybridized carbons (Fsp3) is 0.364. The zero-order chi connectivity index (χ0) is 29.8. The standard InChI is InChI=1S/C33H36N6O4/c1-3-24(2)39-33(40)38(23-35-39)28-10-8-26(9-11-28)36-16-18-37(19-17-36)27-12-14-29(15-13-27)41-21-30-22-42-32(43-30)31-7-5-4-6-25(31)20-34/h4-15,23-24,30,32H,3,16-19,21-22H2,1-2H3/t24?,30-,32-/m1/s1. The largest absolute Gasteiger partial charge is 0.491 e. The second-order valence-electron chi connectivity index (χ2n) is 10.9. The van der Waals surface area contributed by atoms with Crippen LogP contribution in [0.4, 0.5) is 11.4 Å². The molecule has 0 amide bonds. The second-order valence-corrected chi connectivity index (χ2v) is 10.9. The number of benzene rings is 3. The Hall–Kier alpha value is -4.59. The SMILES string of the molecule is CCC(C)n1ncn(-c2ccc(N3CCN(c4ccc(OC[C@@H]5CO[C@@H](c6ccccc6C#N)O5)cc4)CC3)cc2)c1=O. The molecule has 4 aromatic rings. The van der Waals surface area contributed by atoms with E-state index in [-0.39, 0.29) is 17.8 Å². The van der Waals surface area contributed by atoms with Gasteiger partial charge in [0.25, 0.3) is 0 Å². The van der Waals surface area contributed by atoms with Crippen LogP contribution in [0.1, 0.15) is 43.7 Å². The zero-order valence-corrected chi connectivity index (χ0v) is 24.5. The summed E-state index contributed by atoms with van der Waals surface area (Å²) in [5, 5.41) is 13.6. The van der Waals surface area contributed by atoms with Crippen molar-refractivity contribution in [3.8, 4) is 17.5 Å². The monoisotopic (exact) mass is 580 g/mol. The number of piperazine rings is 1. The Balaban J connectivity index is 0.984. The molecule has 2 saturated heterocycles. The highest BCUT2D eigenvalue weighted by Gasteiger charge is 2.29. The smallest absolute Gasteiger partial charge is 0.350 e. The van der Waals surface area contributed by atoms with E-state index in [1.807, 2.05) is 56.3 Å². The van der Waals surface area contributed by atoms with E-state index in [1.54, 1.807) is 21.6 Å². The molecule has 2 aliphatic heterocycles. The van der Waals surface area contributed by atoms with E-state index in [4.69, 9.17) is 14.2 Å². The van der Waals surface area contributed by atoms with E-state index in [1.165, 1.54) is 0 Å². The first-order valence-corrected chi connectivity index (χ1v) is 14.8. The van der Waals surface area contributed by atoms with E-state index in [0.717, 1.165) is 61.0 Å². The first-order valence-electron chi connectivity index (χ1n) is 14.8. The van der Waals surface area contributed by atoms with Crippen molar-refractivity contribution in [1.29, 1.82) is 5.26 Å². The van der Waals surface area contributed by atoms with Crippen LogP contribution in [0.3, 0.4) is 0 Å². The molecule has 43 heavy (non-hydrogen) atoms. The molecule has 222 valence electrons. The van der Waals surface area contributed by atoms with Crippen molar-refractivity contribution >= 4 is 11.4 Å². The van der Waals surface area contributed by atoms with Gasteiger partial charge >= 0.3 is 5.69 Å². The molecule has 0 saturated carbocycles. The number of nitrogens with zero attached hydrogens (tertiary/aromatic N) is 6. The molecule has 0 aliphatic carbocycles. The molecule has 0 bridgehead atoms. The van der Waals surface area contributed by atoms with Gasteiger partial charge in [-0.2, -0.15) is 10.4 Å². The summed E-state index contributed by atoms with van der Waals surface area (Å²) >= 11 is 0. The summed E-state index contributed by atoms with van der Waals surface area (Å²) in [6, 6.07) is 25.9. The van der Waals surface area contributed by atoms with Gasteiger partial charge in [0.15, 0.2) is 6.29 Å². The highest BCUT2D eigenvalue weighted by molar-refractivity contribution is 5.54. The summed E-state index contributed by atoms with van der Waals surface area (Å²) < 4.78 is 20.9. The molecule has 2 aliphatic rings. The molecule has 10 heteroatoms. The van der Waals surface area contributed by atoms with E-state index < -0.39 is 6.29 Å². The molecular weight excluding hydrogens is 544 g/mol. The van der Waals surface area contributed by atoms with Crippen molar-refractivity contribution in [2.45, 2.75) is 38.7 Å². The van der Waals surface area contributed by atoms with Crippen LogP contribution in [0.15, 0.2) is 83.9 Å². The number of hydrogen-bond donors (Lipinski definition) is 0. The van der Waals surface area contributed by atoms with Gasteiger partial charge in [0.05, 0.1) is 30.0 Å². The summed E-state index contributed by atoms with van der Waals surface area (Å²) in [4.78, 5) is 17.5. The molecule has 0 radical (unpaired) electrons. The Morgan fingerprint density at radius 1 is 0.953 bits per heavy atom. The third kappa shape index (κ3) is 6.14. The van der Waals surface area contributed by atoms with Gasteiger partial charge in [-0.25, -0.2) is 14.0 Å². The molecule has 0 N–H and O–H groups in total. The van der Waals surface area contributed by atoms with Gasteiger partial charge < -0.3 is 24.0 Å². The van der Waals surface area contributed by atoms with E-state index in [9.17, 15) is 10.1 Å². The Kier molecular flexibility index (Phi) is 8.45. The van der Waals surface area contributed by atoms with Crippen molar-refractivity contribution in [3.63, 3.8) is 0 Å². The van der Waals surface area contributed by atoms with Gasteiger partial charge in [-0.05, 0) is 67.9 Å². The van der Waals surface area contributed by atoms with Crippen molar-refractivity contribution < 1.29 is 14.2 Å². The number of nitriles is 1. The molecule has 1 aromatic heterocycles. The van der Waals surface area contributed by atoms with Gasteiger partial charge in [-0.3, -0.25) is 0 Å². The maximum Gasteiger partial charge on any atom is 0.350 e. The average Bonchev–Trinajstić information content (AvgIpc) is 3.70. The maximum absolute atomic E-state index is 12.7. The first-order chi connectivity index (χ1) is 21.0. The molecule has 0 spiro atoms. The summed E-state index contributed by atoms with van der Waals surface area (Å²) in [6.45, 7) is 8.45. The maximum atomic E-state index is 12.7. The second kappa shape index (κ2) is 12.7. The van der Waals surface area contributed by atoms with Crippen LogP contribution in [-0.2, 0) is 9.47 Å². The van der Waals surface area contributed by atoms with E-state index >= 15 is 0 Å². The lowest BCUT2D eigenvalue weighted by Gasteiger charge is -2.37. The minimum absolute atomic E-state index is 0.0726. The Morgan fingerprint density at radius 2 is 1.58 bits per heavy atom. The Bertz CT molecular complexity index is 1620. The Morgan fingerprint density at radius 3 is 2.23 bits per heavy atom. The van der Waals surface area contributed by atoms with Crippen LogP contribution in [0.25, 0.3) is 5.69 Å². The van der Waals surface area contributed by atoms with Crippen LogP contribution in [0, 0.1) is 11.3 Å². The van der Waals surface area contributed by atoms with Crippen LogP contribution in [0.5, 0.6) is 5.75 Å². The number of ether oxygens (including phenoxy) is 3. The molecule has 3 aromatic carbocycles. The third-order valence-corrected chi connectivity index (χ3v) is 8.20. The molecule has 3 heterocycles. The molecule has 3 atom stereocenters. The lowest BCUT2D eigenvalue weighted by atomic mass is 10.1. The van der Waals surface area contributed by atoms with Crippen molar-refractivity contribution in [2.75, 3.05) is 49.2 Å². The summed E-state index contributed by atoms with van der Waals surface area (Å²) in [6.07, 6.45) is 1.70. The molecule has 10 nitrogen and oxygen atoms in total. The van der Waals surface area contributed by atoms with Gasteiger partial charge in [0, 0.05) is 43.1 Å².